The van der Waals surface area contributed by atoms with Gasteiger partial charge >= 0.3 is 0 Å². The van der Waals surface area contributed by atoms with Gasteiger partial charge in [0, 0.05) is 37.4 Å². The SMILES string of the molecule is CCN(CC)C(=O)c1ccc(CN2CCCC(C)C2)c(N)c1. The van der Waals surface area contributed by atoms with E-state index < -0.39 is 0 Å². The van der Waals surface area contributed by atoms with Gasteiger partial charge in [-0.05, 0) is 56.8 Å². The van der Waals surface area contributed by atoms with Crippen LogP contribution in [0.5, 0.6) is 0 Å². The third kappa shape index (κ3) is 4.01. The summed E-state index contributed by atoms with van der Waals surface area (Å²) >= 11 is 0. The molecule has 0 bridgehead atoms. The molecule has 1 unspecified atom stereocenters. The predicted molar refractivity (Wildman–Crippen MR) is 91.8 cm³/mol. The fraction of sp³-hybridized carbons (Fsp3) is 0.611. The molecule has 0 spiro atoms. The minimum atomic E-state index is 0.0647. The highest BCUT2D eigenvalue weighted by Crippen LogP contribution is 2.22. The molecule has 2 rings (SSSR count). The van der Waals surface area contributed by atoms with Gasteiger partial charge in [-0.2, -0.15) is 0 Å². The fourth-order valence-electron chi connectivity index (χ4n) is 3.24. The second-order valence-corrected chi connectivity index (χ2v) is 6.37. The highest BCUT2D eigenvalue weighted by molar-refractivity contribution is 5.95. The van der Waals surface area contributed by atoms with E-state index in [1.807, 2.05) is 36.9 Å². The molecule has 122 valence electrons. The second-order valence-electron chi connectivity index (χ2n) is 6.37. The molecule has 4 nitrogen and oxygen atoms in total. The zero-order valence-electron chi connectivity index (χ0n) is 14.1. The molecular weight excluding hydrogens is 274 g/mol. The van der Waals surface area contributed by atoms with E-state index in [4.69, 9.17) is 5.73 Å². The van der Waals surface area contributed by atoms with Gasteiger partial charge in [-0.15, -0.1) is 0 Å². The average molecular weight is 303 g/mol. The average Bonchev–Trinajstić information content (AvgIpc) is 2.50. The van der Waals surface area contributed by atoms with Crippen LogP contribution in [0.15, 0.2) is 18.2 Å². The number of benzene rings is 1. The number of carbonyl (C=O) groups excluding carboxylic acids is 1. The standard InChI is InChI=1S/C18H29N3O/c1-4-21(5-2)18(22)15-8-9-16(17(19)11-15)13-20-10-6-7-14(3)12-20/h8-9,11,14H,4-7,10,12-13,19H2,1-3H3. The van der Waals surface area contributed by atoms with Gasteiger partial charge in [-0.3, -0.25) is 9.69 Å². The summed E-state index contributed by atoms with van der Waals surface area (Å²) in [7, 11) is 0. The third-order valence-electron chi connectivity index (χ3n) is 4.58. The molecule has 0 radical (unpaired) electrons. The highest BCUT2D eigenvalue weighted by atomic mass is 16.2. The van der Waals surface area contributed by atoms with Gasteiger partial charge < -0.3 is 10.6 Å². The van der Waals surface area contributed by atoms with Gasteiger partial charge in [0.05, 0.1) is 0 Å². The lowest BCUT2D eigenvalue weighted by molar-refractivity contribution is 0.0773. The Bertz CT molecular complexity index is 511. The maximum atomic E-state index is 12.4. The first-order valence-corrected chi connectivity index (χ1v) is 8.45. The van der Waals surface area contributed by atoms with Crippen LogP contribution in [0.4, 0.5) is 5.69 Å². The number of hydrogen-bond donors (Lipinski definition) is 1. The van der Waals surface area contributed by atoms with Gasteiger partial charge in [0.15, 0.2) is 0 Å². The van der Waals surface area contributed by atoms with Crippen LogP contribution in [0.2, 0.25) is 0 Å². The Labute approximate surface area is 134 Å². The molecule has 2 N–H and O–H groups in total. The summed E-state index contributed by atoms with van der Waals surface area (Å²) in [6, 6.07) is 5.77. The molecule has 1 heterocycles. The van der Waals surface area contributed by atoms with Gasteiger partial charge in [0.25, 0.3) is 5.91 Å². The minimum Gasteiger partial charge on any atom is -0.398 e. The maximum Gasteiger partial charge on any atom is 0.253 e. The summed E-state index contributed by atoms with van der Waals surface area (Å²) < 4.78 is 0. The number of likely N-dealkylation sites (tertiary alicyclic amines) is 1. The molecule has 1 saturated heterocycles. The van der Waals surface area contributed by atoms with Crippen LogP contribution in [0.1, 0.15) is 49.5 Å². The molecule has 0 aliphatic carbocycles. The molecule has 1 atom stereocenters. The van der Waals surface area contributed by atoms with Gasteiger partial charge in [-0.1, -0.05) is 13.0 Å². The van der Waals surface area contributed by atoms with Crippen LogP contribution in [0, 0.1) is 5.92 Å². The van der Waals surface area contributed by atoms with Crippen molar-refractivity contribution in [1.29, 1.82) is 0 Å². The van der Waals surface area contributed by atoms with Crippen LogP contribution in [-0.2, 0) is 6.54 Å². The van der Waals surface area contributed by atoms with E-state index in [2.05, 4.69) is 11.8 Å². The number of nitrogens with two attached hydrogens (primary N) is 1. The van der Waals surface area contributed by atoms with E-state index in [0.717, 1.165) is 49.9 Å². The van der Waals surface area contributed by atoms with Crippen molar-refractivity contribution in [3.05, 3.63) is 29.3 Å². The lowest BCUT2D eigenvalue weighted by Gasteiger charge is -2.31. The Balaban J connectivity index is 2.07. The molecule has 1 aromatic carbocycles. The van der Waals surface area contributed by atoms with Crippen LogP contribution < -0.4 is 5.73 Å². The molecule has 1 aromatic rings. The summed E-state index contributed by atoms with van der Waals surface area (Å²) in [5, 5.41) is 0. The summed E-state index contributed by atoms with van der Waals surface area (Å²) in [5.74, 6) is 0.827. The van der Waals surface area contributed by atoms with Crippen molar-refractivity contribution in [3.63, 3.8) is 0 Å². The number of rotatable bonds is 5. The second kappa shape index (κ2) is 7.63. The first-order chi connectivity index (χ1) is 10.5. The number of carbonyl (C=O) groups is 1. The van der Waals surface area contributed by atoms with E-state index in [1.54, 1.807) is 0 Å². The predicted octanol–water partition coefficient (Wildman–Crippen LogP) is 2.98. The molecule has 1 aliphatic heterocycles. The largest absolute Gasteiger partial charge is 0.398 e. The first kappa shape index (κ1) is 16.8. The van der Waals surface area contributed by atoms with Crippen LogP contribution in [-0.4, -0.2) is 41.9 Å². The number of hydrogen-bond acceptors (Lipinski definition) is 3. The van der Waals surface area contributed by atoms with Crippen molar-refractivity contribution in [2.45, 2.75) is 40.2 Å². The van der Waals surface area contributed by atoms with Crippen LogP contribution in [0.25, 0.3) is 0 Å². The van der Waals surface area contributed by atoms with Gasteiger partial charge in [0.1, 0.15) is 0 Å². The Kier molecular flexibility index (Phi) is 5.83. The summed E-state index contributed by atoms with van der Waals surface area (Å²) in [4.78, 5) is 16.6. The lowest BCUT2D eigenvalue weighted by atomic mass is 9.99. The number of piperidine rings is 1. The Morgan fingerprint density at radius 2 is 2.09 bits per heavy atom. The van der Waals surface area contributed by atoms with Crippen LogP contribution in [0.3, 0.4) is 0 Å². The zero-order valence-corrected chi connectivity index (χ0v) is 14.1. The molecule has 1 aliphatic rings. The number of nitrogens with zero attached hydrogens (tertiary/aromatic N) is 2. The van der Waals surface area contributed by atoms with Crippen molar-refractivity contribution in [2.24, 2.45) is 5.92 Å². The van der Waals surface area contributed by atoms with Crippen molar-refractivity contribution in [2.75, 3.05) is 31.9 Å². The van der Waals surface area contributed by atoms with Gasteiger partial charge in [0.2, 0.25) is 0 Å². The smallest absolute Gasteiger partial charge is 0.253 e. The van der Waals surface area contributed by atoms with Crippen molar-refractivity contribution < 1.29 is 4.79 Å². The highest BCUT2D eigenvalue weighted by Gasteiger charge is 2.18. The van der Waals surface area contributed by atoms with E-state index in [9.17, 15) is 4.79 Å². The van der Waals surface area contributed by atoms with E-state index >= 15 is 0 Å². The molecular formula is C18H29N3O. The Morgan fingerprint density at radius 1 is 1.36 bits per heavy atom. The van der Waals surface area contributed by atoms with Crippen molar-refractivity contribution >= 4 is 11.6 Å². The molecule has 22 heavy (non-hydrogen) atoms. The van der Waals surface area contributed by atoms with Gasteiger partial charge in [-0.25, -0.2) is 0 Å². The minimum absolute atomic E-state index is 0.0647. The number of amides is 1. The molecule has 0 aromatic heterocycles. The van der Waals surface area contributed by atoms with Crippen LogP contribution >= 0.6 is 0 Å². The number of anilines is 1. The Hall–Kier alpha value is -1.55. The quantitative estimate of drug-likeness (QED) is 0.851. The number of nitrogen functional groups attached to an aromatic ring is 1. The topological polar surface area (TPSA) is 49.6 Å². The van der Waals surface area contributed by atoms with Crippen molar-refractivity contribution in [1.82, 2.24) is 9.80 Å². The molecule has 4 heteroatoms. The van der Waals surface area contributed by atoms with Crippen molar-refractivity contribution in [3.8, 4) is 0 Å². The first-order valence-electron chi connectivity index (χ1n) is 8.45. The monoisotopic (exact) mass is 303 g/mol. The molecule has 1 amide bonds. The lowest BCUT2D eigenvalue weighted by Crippen LogP contribution is -2.34. The Morgan fingerprint density at radius 3 is 2.68 bits per heavy atom. The summed E-state index contributed by atoms with van der Waals surface area (Å²) in [6.45, 7) is 10.9. The molecule has 1 fully saturated rings. The van der Waals surface area contributed by atoms with E-state index in [-0.39, 0.29) is 5.91 Å². The fourth-order valence-corrected chi connectivity index (χ4v) is 3.24. The molecule has 0 saturated carbocycles. The maximum absolute atomic E-state index is 12.4. The third-order valence-corrected chi connectivity index (χ3v) is 4.58. The normalized spacial score (nSPS) is 19.1. The summed E-state index contributed by atoms with van der Waals surface area (Å²) in [5.41, 5.74) is 8.75. The summed E-state index contributed by atoms with van der Waals surface area (Å²) in [6.07, 6.45) is 2.59. The zero-order chi connectivity index (χ0) is 16.1. The van der Waals surface area contributed by atoms with E-state index in [0.29, 0.717) is 5.56 Å². The van der Waals surface area contributed by atoms with E-state index in [1.165, 1.54) is 12.8 Å².